The van der Waals surface area contributed by atoms with Crippen LogP contribution in [0.1, 0.15) is 44.0 Å². The van der Waals surface area contributed by atoms with Crippen LogP contribution in [0.2, 0.25) is 0 Å². The minimum Gasteiger partial charge on any atom is -0.478 e. The lowest BCUT2D eigenvalue weighted by Gasteiger charge is -2.10. The molecule has 2 N–H and O–H groups in total. The molecule has 0 saturated carbocycles. The van der Waals surface area contributed by atoms with Crippen molar-refractivity contribution in [1.29, 1.82) is 0 Å². The molecule has 1 heterocycles. The van der Waals surface area contributed by atoms with Gasteiger partial charge in [-0.3, -0.25) is 4.79 Å². The molecule has 6 heteroatoms. The molecule has 1 amide bonds. The molecule has 4 nitrogen and oxygen atoms in total. The number of anilines is 1. The Balaban J connectivity index is 1.91. The zero-order valence-corrected chi connectivity index (χ0v) is 14.7. The summed E-state index contributed by atoms with van der Waals surface area (Å²) >= 11 is 3.58. The highest BCUT2D eigenvalue weighted by Gasteiger charge is 2.26. The van der Waals surface area contributed by atoms with E-state index in [1.165, 1.54) is 11.3 Å². The molecule has 0 aliphatic heterocycles. The maximum absolute atomic E-state index is 12.3. The highest BCUT2D eigenvalue weighted by molar-refractivity contribution is 14.1. The molecule has 0 radical (unpaired) electrons. The van der Waals surface area contributed by atoms with Crippen LogP contribution < -0.4 is 5.32 Å². The molecule has 0 fully saturated rings. The quantitative estimate of drug-likeness (QED) is 0.723. The second-order valence-corrected chi connectivity index (χ2v) is 7.53. The van der Waals surface area contributed by atoms with Crippen LogP contribution in [0, 0.1) is 3.57 Å². The van der Waals surface area contributed by atoms with Crippen LogP contribution in [0.4, 0.5) is 5.00 Å². The fourth-order valence-corrected chi connectivity index (χ4v) is 4.29. The van der Waals surface area contributed by atoms with Gasteiger partial charge in [0.2, 0.25) is 0 Å². The summed E-state index contributed by atoms with van der Waals surface area (Å²) in [5.41, 5.74) is 1.71. The first-order valence-electron chi connectivity index (χ1n) is 7.01. The number of aromatic carboxylic acids is 1. The van der Waals surface area contributed by atoms with Gasteiger partial charge in [-0.25, -0.2) is 4.79 Å². The predicted octanol–water partition coefficient (Wildman–Crippen LogP) is 4.18. The van der Waals surface area contributed by atoms with Crippen LogP contribution in [0.25, 0.3) is 0 Å². The van der Waals surface area contributed by atoms with Crippen molar-refractivity contribution in [1.82, 2.24) is 0 Å². The third kappa shape index (κ3) is 3.03. The Bertz CT molecular complexity index is 737. The third-order valence-electron chi connectivity index (χ3n) is 3.72. The van der Waals surface area contributed by atoms with E-state index in [9.17, 15) is 14.7 Å². The minimum atomic E-state index is -0.961. The molecule has 0 saturated heterocycles. The molecule has 22 heavy (non-hydrogen) atoms. The molecular weight excluding hydrogens is 413 g/mol. The monoisotopic (exact) mass is 427 g/mol. The zero-order chi connectivity index (χ0) is 15.7. The first-order chi connectivity index (χ1) is 10.6. The van der Waals surface area contributed by atoms with E-state index >= 15 is 0 Å². The molecule has 0 atom stereocenters. The number of hydrogen-bond acceptors (Lipinski definition) is 3. The van der Waals surface area contributed by atoms with E-state index in [0.29, 0.717) is 10.6 Å². The van der Waals surface area contributed by atoms with E-state index < -0.39 is 5.97 Å². The van der Waals surface area contributed by atoms with Gasteiger partial charge in [0.25, 0.3) is 5.91 Å². The second kappa shape index (κ2) is 6.37. The number of carbonyl (C=O) groups excluding carboxylic acids is 1. The smallest absolute Gasteiger partial charge is 0.339 e. The van der Waals surface area contributed by atoms with Crippen LogP contribution in [0.3, 0.4) is 0 Å². The van der Waals surface area contributed by atoms with Gasteiger partial charge in [0, 0.05) is 14.0 Å². The number of thiophene rings is 1. The summed E-state index contributed by atoms with van der Waals surface area (Å²) in [5.74, 6) is -1.23. The Kier molecular flexibility index (Phi) is 4.49. The first-order valence-corrected chi connectivity index (χ1v) is 8.90. The highest BCUT2D eigenvalue weighted by Crippen LogP contribution is 2.38. The Morgan fingerprint density at radius 1 is 1.14 bits per heavy atom. The van der Waals surface area contributed by atoms with Crippen LogP contribution in [-0.2, 0) is 12.8 Å². The first kappa shape index (κ1) is 15.5. The third-order valence-corrected chi connectivity index (χ3v) is 5.65. The van der Waals surface area contributed by atoms with Crippen molar-refractivity contribution in [2.24, 2.45) is 0 Å². The van der Waals surface area contributed by atoms with Crippen molar-refractivity contribution in [2.75, 3.05) is 5.32 Å². The molecule has 1 aliphatic carbocycles. The topological polar surface area (TPSA) is 66.4 Å². The predicted molar refractivity (Wildman–Crippen MR) is 95.0 cm³/mol. The molecule has 2 aromatic rings. The number of carboxylic acids is 1. The van der Waals surface area contributed by atoms with E-state index in [2.05, 4.69) is 27.9 Å². The fraction of sp³-hybridized carbons (Fsp3) is 0.250. The SMILES string of the molecule is O=C(Nc1sc2c(c1C(=O)O)CCCC2)c1ccc(I)cc1. The number of carboxylic acid groups (broad SMARTS) is 1. The average Bonchev–Trinajstić information content (AvgIpc) is 2.85. The molecule has 114 valence electrons. The van der Waals surface area contributed by atoms with Crippen LogP contribution in [-0.4, -0.2) is 17.0 Å². The van der Waals surface area contributed by atoms with Crippen LogP contribution in [0.5, 0.6) is 0 Å². The number of halogens is 1. The van der Waals surface area contributed by atoms with Gasteiger partial charge in [-0.15, -0.1) is 11.3 Å². The lowest BCUT2D eigenvalue weighted by molar-refractivity contribution is 0.0697. The van der Waals surface area contributed by atoms with Crippen molar-refractivity contribution in [2.45, 2.75) is 25.7 Å². The summed E-state index contributed by atoms with van der Waals surface area (Å²) in [4.78, 5) is 25.0. The number of hydrogen-bond donors (Lipinski definition) is 2. The number of fused-ring (bicyclic) bond motifs is 1. The number of rotatable bonds is 3. The summed E-state index contributed by atoms with van der Waals surface area (Å²) in [6.45, 7) is 0. The molecule has 1 aliphatic rings. The summed E-state index contributed by atoms with van der Waals surface area (Å²) in [6.07, 6.45) is 3.78. The Hall–Kier alpha value is -1.41. The van der Waals surface area contributed by atoms with Crippen molar-refractivity contribution in [3.63, 3.8) is 0 Å². The standard InChI is InChI=1S/C16H14INO3S/c17-10-7-5-9(6-8-10)14(19)18-15-13(16(20)21)11-3-1-2-4-12(11)22-15/h5-8H,1-4H2,(H,18,19)(H,20,21). The maximum Gasteiger partial charge on any atom is 0.339 e. The number of nitrogens with one attached hydrogen (secondary N) is 1. The summed E-state index contributed by atoms with van der Waals surface area (Å²) < 4.78 is 1.05. The number of amides is 1. The van der Waals surface area contributed by atoms with Crippen molar-refractivity contribution in [3.05, 3.63) is 49.4 Å². The van der Waals surface area contributed by atoms with E-state index in [4.69, 9.17) is 0 Å². The lowest BCUT2D eigenvalue weighted by atomic mass is 9.95. The van der Waals surface area contributed by atoms with Crippen molar-refractivity contribution < 1.29 is 14.7 Å². The number of aryl methyl sites for hydroxylation is 1. The molecule has 1 aromatic carbocycles. The second-order valence-electron chi connectivity index (χ2n) is 5.18. The summed E-state index contributed by atoms with van der Waals surface area (Å²) in [5, 5.41) is 12.7. The maximum atomic E-state index is 12.3. The molecule has 0 spiro atoms. The van der Waals surface area contributed by atoms with Crippen molar-refractivity contribution >= 4 is 50.8 Å². The number of benzene rings is 1. The van der Waals surface area contributed by atoms with Crippen LogP contribution >= 0.6 is 33.9 Å². The molecular formula is C16H14INO3S. The minimum absolute atomic E-state index is 0.266. The number of carbonyl (C=O) groups is 2. The fourth-order valence-electron chi connectivity index (χ4n) is 2.66. The summed E-state index contributed by atoms with van der Waals surface area (Å²) in [7, 11) is 0. The Morgan fingerprint density at radius 2 is 1.82 bits per heavy atom. The van der Waals surface area contributed by atoms with E-state index in [1.807, 2.05) is 12.1 Å². The van der Waals surface area contributed by atoms with Crippen LogP contribution in [0.15, 0.2) is 24.3 Å². The van der Waals surface area contributed by atoms with E-state index in [-0.39, 0.29) is 11.5 Å². The average molecular weight is 427 g/mol. The molecule has 3 rings (SSSR count). The van der Waals surface area contributed by atoms with Gasteiger partial charge in [0.15, 0.2) is 0 Å². The molecule has 0 bridgehead atoms. The normalized spacial score (nSPS) is 13.5. The molecule has 0 unspecified atom stereocenters. The van der Waals surface area contributed by atoms with Gasteiger partial charge in [-0.1, -0.05) is 0 Å². The van der Waals surface area contributed by atoms with Gasteiger partial charge in [-0.2, -0.15) is 0 Å². The van der Waals surface area contributed by atoms with E-state index in [1.54, 1.807) is 12.1 Å². The van der Waals surface area contributed by atoms with Gasteiger partial charge in [-0.05, 0) is 78.1 Å². The van der Waals surface area contributed by atoms with E-state index in [0.717, 1.165) is 39.7 Å². The zero-order valence-electron chi connectivity index (χ0n) is 11.7. The lowest BCUT2D eigenvalue weighted by Crippen LogP contribution is -2.14. The Labute approximate surface area is 145 Å². The Morgan fingerprint density at radius 3 is 2.50 bits per heavy atom. The molecule has 1 aromatic heterocycles. The highest BCUT2D eigenvalue weighted by atomic mass is 127. The van der Waals surface area contributed by atoms with Gasteiger partial charge in [0.05, 0.1) is 5.56 Å². The van der Waals surface area contributed by atoms with Gasteiger partial charge in [0.1, 0.15) is 5.00 Å². The largest absolute Gasteiger partial charge is 0.478 e. The van der Waals surface area contributed by atoms with Gasteiger partial charge >= 0.3 is 5.97 Å². The van der Waals surface area contributed by atoms with Gasteiger partial charge < -0.3 is 10.4 Å². The van der Waals surface area contributed by atoms with Crippen molar-refractivity contribution in [3.8, 4) is 0 Å². The summed E-state index contributed by atoms with van der Waals surface area (Å²) in [6, 6.07) is 7.19.